The van der Waals surface area contributed by atoms with E-state index in [1.165, 1.54) is 18.0 Å². The molecule has 2 heterocycles. The van der Waals surface area contributed by atoms with Gasteiger partial charge in [0, 0.05) is 23.4 Å². The zero-order valence-electron chi connectivity index (χ0n) is 17.6. The maximum absolute atomic E-state index is 12.7. The van der Waals surface area contributed by atoms with Gasteiger partial charge in [0.15, 0.2) is 5.78 Å². The molecule has 2 aromatic rings. The van der Waals surface area contributed by atoms with Crippen LogP contribution in [0.3, 0.4) is 0 Å². The number of hydrogen-bond donors (Lipinski definition) is 2. The number of carbonyl (C=O) groups is 2. The molecule has 1 aliphatic carbocycles. The van der Waals surface area contributed by atoms with Crippen LogP contribution in [0, 0.1) is 11.3 Å². The molecule has 0 unspecified atom stereocenters. The minimum atomic E-state index is -0.546. The molecule has 164 valence electrons. The number of Topliss-reactive ketones (excluding diaryl/α,β-unsaturated/α-hetero) is 1. The van der Waals surface area contributed by atoms with Gasteiger partial charge < -0.3 is 19.8 Å². The predicted molar refractivity (Wildman–Crippen MR) is 122 cm³/mol. The molecule has 32 heavy (non-hydrogen) atoms. The van der Waals surface area contributed by atoms with Crippen molar-refractivity contribution in [2.24, 2.45) is 0 Å². The van der Waals surface area contributed by atoms with Crippen LogP contribution in [0.25, 0.3) is 0 Å². The Bertz CT molecular complexity index is 1110. The van der Waals surface area contributed by atoms with Crippen molar-refractivity contribution < 1.29 is 18.7 Å². The average Bonchev–Trinajstić information content (AvgIpc) is 3.33. The van der Waals surface area contributed by atoms with E-state index in [0.29, 0.717) is 40.7 Å². The monoisotopic (exact) mass is 449 g/mol. The lowest BCUT2D eigenvalue weighted by Gasteiger charge is -2.32. The molecule has 1 aliphatic heterocycles. The highest BCUT2D eigenvalue weighted by Gasteiger charge is 2.38. The van der Waals surface area contributed by atoms with Crippen LogP contribution in [0.4, 0.5) is 5.69 Å². The molecule has 0 saturated carbocycles. The first-order chi connectivity index (χ1) is 15.6. The third-order valence-corrected chi connectivity index (χ3v) is 6.30. The summed E-state index contributed by atoms with van der Waals surface area (Å²) in [4.78, 5) is 25.2. The first-order valence-corrected chi connectivity index (χ1v) is 11.5. The first kappa shape index (κ1) is 21.8. The van der Waals surface area contributed by atoms with Crippen LogP contribution in [0.1, 0.15) is 37.9 Å². The van der Waals surface area contributed by atoms with E-state index in [1.807, 2.05) is 6.92 Å². The molecule has 0 spiro atoms. The van der Waals surface area contributed by atoms with Gasteiger partial charge >= 0.3 is 0 Å². The summed E-state index contributed by atoms with van der Waals surface area (Å²) in [5.74, 6) is 0.705. The van der Waals surface area contributed by atoms with E-state index in [9.17, 15) is 14.9 Å². The SMILES string of the molecule is CCOc1ccc(NC(=O)CSC2=C(C#N)[C@@H](c3ccco3)C3=C(CCCC3=O)N2)cc1. The number of nitrogens with zero attached hydrogens (tertiary/aromatic N) is 1. The van der Waals surface area contributed by atoms with E-state index < -0.39 is 5.92 Å². The second-order valence-electron chi connectivity index (χ2n) is 7.39. The van der Waals surface area contributed by atoms with Crippen molar-refractivity contribution in [1.29, 1.82) is 5.26 Å². The summed E-state index contributed by atoms with van der Waals surface area (Å²) < 4.78 is 11.0. The molecular formula is C24H23N3O4S. The maximum Gasteiger partial charge on any atom is 0.234 e. The number of hydrogen-bond acceptors (Lipinski definition) is 7. The quantitative estimate of drug-likeness (QED) is 0.642. The fraction of sp³-hybridized carbons (Fsp3) is 0.292. The number of dihydropyridines is 1. The molecule has 4 rings (SSSR count). The second-order valence-corrected chi connectivity index (χ2v) is 8.38. The number of amides is 1. The lowest BCUT2D eigenvalue weighted by Crippen LogP contribution is -2.31. The number of furan rings is 1. The van der Waals surface area contributed by atoms with Gasteiger partial charge in [-0.1, -0.05) is 11.8 Å². The summed E-state index contributed by atoms with van der Waals surface area (Å²) >= 11 is 1.25. The zero-order chi connectivity index (χ0) is 22.5. The first-order valence-electron chi connectivity index (χ1n) is 10.5. The molecule has 2 N–H and O–H groups in total. The molecule has 1 amide bonds. The average molecular weight is 450 g/mol. The predicted octanol–water partition coefficient (Wildman–Crippen LogP) is 4.48. The largest absolute Gasteiger partial charge is 0.494 e. The number of thioether (sulfide) groups is 1. The lowest BCUT2D eigenvalue weighted by molar-refractivity contribution is -0.116. The number of rotatable bonds is 7. The molecule has 2 aliphatic rings. The van der Waals surface area contributed by atoms with E-state index in [0.717, 1.165) is 24.3 Å². The van der Waals surface area contributed by atoms with Crippen LogP contribution in [0.15, 0.2) is 69.0 Å². The molecule has 7 nitrogen and oxygen atoms in total. The Labute approximate surface area is 190 Å². The van der Waals surface area contributed by atoms with Gasteiger partial charge in [0.25, 0.3) is 0 Å². The number of nitriles is 1. The Hall–Kier alpha value is -3.44. The Morgan fingerprint density at radius 2 is 2.12 bits per heavy atom. The van der Waals surface area contributed by atoms with Crippen molar-refractivity contribution in [3.8, 4) is 11.8 Å². The van der Waals surface area contributed by atoms with E-state index in [4.69, 9.17) is 9.15 Å². The van der Waals surface area contributed by atoms with E-state index >= 15 is 0 Å². The van der Waals surface area contributed by atoms with E-state index in [2.05, 4.69) is 16.7 Å². The fourth-order valence-corrected chi connectivity index (χ4v) is 4.78. The van der Waals surface area contributed by atoms with E-state index in [1.54, 1.807) is 36.4 Å². The van der Waals surface area contributed by atoms with Gasteiger partial charge in [-0.25, -0.2) is 0 Å². The molecule has 0 saturated heterocycles. The van der Waals surface area contributed by atoms with Crippen molar-refractivity contribution in [3.05, 3.63) is 70.3 Å². The Kier molecular flexibility index (Phi) is 6.66. The fourth-order valence-electron chi connectivity index (χ4n) is 3.91. The summed E-state index contributed by atoms with van der Waals surface area (Å²) in [6.07, 6.45) is 3.48. The number of allylic oxidation sites excluding steroid dienone is 3. The smallest absolute Gasteiger partial charge is 0.234 e. The number of benzene rings is 1. The third kappa shape index (κ3) is 4.58. The Morgan fingerprint density at radius 3 is 2.81 bits per heavy atom. The minimum Gasteiger partial charge on any atom is -0.494 e. The number of anilines is 1. The summed E-state index contributed by atoms with van der Waals surface area (Å²) in [5, 5.41) is 16.6. The molecule has 1 atom stereocenters. The summed E-state index contributed by atoms with van der Waals surface area (Å²) in [6, 6.07) is 12.9. The van der Waals surface area contributed by atoms with Crippen molar-refractivity contribution >= 4 is 29.1 Å². The van der Waals surface area contributed by atoms with Crippen LogP contribution < -0.4 is 15.4 Å². The van der Waals surface area contributed by atoms with Crippen LogP contribution in [0.5, 0.6) is 5.75 Å². The van der Waals surface area contributed by atoms with Gasteiger partial charge in [-0.3, -0.25) is 9.59 Å². The van der Waals surface area contributed by atoms with Gasteiger partial charge in [-0.15, -0.1) is 0 Å². The van der Waals surface area contributed by atoms with E-state index in [-0.39, 0.29) is 17.4 Å². The lowest BCUT2D eigenvalue weighted by atomic mass is 9.79. The molecule has 8 heteroatoms. The van der Waals surface area contributed by atoms with Crippen LogP contribution in [0.2, 0.25) is 0 Å². The summed E-state index contributed by atoms with van der Waals surface area (Å²) in [5.41, 5.74) is 2.48. The molecule has 1 aromatic carbocycles. The standard InChI is InChI=1S/C24H23N3O4S/c1-2-30-16-10-8-15(9-11-16)26-21(29)14-32-24-17(13-25)22(20-7-4-12-31-20)23-18(27-24)5-3-6-19(23)28/h4,7-12,22,27H,2-3,5-6,14H2,1H3,(H,26,29)/t22-/m0/s1. The van der Waals surface area contributed by atoms with Crippen molar-refractivity contribution in [2.75, 3.05) is 17.7 Å². The maximum atomic E-state index is 12.7. The van der Waals surface area contributed by atoms with Crippen molar-refractivity contribution in [3.63, 3.8) is 0 Å². The Balaban J connectivity index is 1.51. The minimum absolute atomic E-state index is 0.0326. The second kappa shape index (κ2) is 9.79. The van der Waals surface area contributed by atoms with Gasteiger partial charge in [0.05, 0.1) is 41.2 Å². The number of ketones is 1. The van der Waals surface area contributed by atoms with Gasteiger partial charge in [0.1, 0.15) is 11.5 Å². The third-order valence-electron chi connectivity index (χ3n) is 5.29. The molecule has 1 aromatic heterocycles. The van der Waals surface area contributed by atoms with Crippen molar-refractivity contribution in [1.82, 2.24) is 5.32 Å². The molecule has 0 bridgehead atoms. The van der Waals surface area contributed by atoms with Gasteiger partial charge in [-0.2, -0.15) is 5.26 Å². The number of ether oxygens (including phenoxy) is 1. The number of carbonyl (C=O) groups excluding carboxylic acids is 2. The molecule has 0 fully saturated rings. The highest BCUT2D eigenvalue weighted by molar-refractivity contribution is 8.03. The summed E-state index contributed by atoms with van der Waals surface area (Å²) in [6.45, 7) is 2.49. The zero-order valence-corrected chi connectivity index (χ0v) is 18.5. The highest BCUT2D eigenvalue weighted by Crippen LogP contribution is 2.44. The number of nitrogens with one attached hydrogen (secondary N) is 2. The summed E-state index contributed by atoms with van der Waals surface area (Å²) in [7, 11) is 0. The van der Waals surface area contributed by atoms with Gasteiger partial charge in [-0.05, 0) is 56.2 Å². The Morgan fingerprint density at radius 1 is 1.31 bits per heavy atom. The molecule has 0 radical (unpaired) electrons. The van der Waals surface area contributed by atoms with Crippen LogP contribution in [-0.2, 0) is 9.59 Å². The normalized spacial score (nSPS) is 18.0. The topological polar surface area (TPSA) is 104 Å². The van der Waals surface area contributed by atoms with Crippen LogP contribution in [-0.4, -0.2) is 24.1 Å². The highest BCUT2D eigenvalue weighted by atomic mass is 32.2. The molecular weight excluding hydrogens is 426 g/mol. The van der Waals surface area contributed by atoms with Crippen molar-refractivity contribution in [2.45, 2.75) is 32.1 Å². The van der Waals surface area contributed by atoms with Gasteiger partial charge in [0.2, 0.25) is 5.91 Å². The van der Waals surface area contributed by atoms with Crippen LogP contribution >= 0.6 is 11.8 Å².